The summed E-state index contributed by atoms with van der Waals surface area (Å²) in [4.78, 5) is 10.8. The fraction of sp³-hybridized carbons (Fsp3) is 0.353. The van der Waals surface area contributed by atoms with Gasteiger partial charge in [-0.3, -0.25) is 4.79 Å². The van der Waals surface area contributed by atoms with Gasteiger partial charge in [0.1, 0.15) is 12.0 Å². The van der Waals surface area contributed by atoms with Crippen molar-refractivity contribution in [2.24, 2.45) is 0 Å². The van der Waals surface area contributed by atoms with E-state index in [-0.39, 0.29) is 0 Å². The summed E-state index contributed by atoms with van der Waals surface area (Å²) in [5, 5.41) is 0. The maximum Gasteiger partial charge on any atom is 0.149 e. The van der Waals surface area contributed by atoms with Gasteiger partial charge in [0.15, 0.2) is 0 Å². The van der Waals surface area contributed by atoms with Crippen molar-refractivity contribution in [3.05, 3.63) is 58.9 Å². The summed E-state index contributed by atoms with van der Waals surface area (Å²) in [6.07, 6.45) is 17.4. The second-order valence-corrected chi connectivity index (χ2v) is 4.81. The predicted octanol–water partition coefficient (Wildman–Crippen LogP) is 4.03. The molecule has 2 nitrogen and oxygen atoms in total. The Balaban J connectivity index is 1.86. The maximum atomic E-state index is 10.8. The van der Waals surface area contributed by atoms with Crippen molar-refractivity contribution < 1.29 is 9.53 Å². The first kappa shape index (κ1) is 13.6. The number of hydrogen-bond donors (Lipinski definition) is 0. The van der Waals surface area contributed by atoms with Crippen LogP contribution in [-0.4, -0.2) is 12.9 Å². The summed E-state index contributed by atoms with van der Waals surface area (Å²) in [5.41, 5.74) is 3.10. The van der Waals surface area contributed by atoms with E-state index in [9.17, 15) is 4.79 Å². The van der Waals surface area contributed by atoms with Gasteiger partial charge in [0.05, 0.1) is 6.61 Å². The summed E-state index contributed by atoms with van der Waals surface area (Å²) in [5.74, 6) is 0.897. The predicted molar refractivity (Wildman–Crippen MR) is 77.6 cm³/mol. The number of rotatable bonds is 5. The fourth-order valence-electron chi connectivity index (χ4n) is 2.23. The van der Waals surface area contributed by atoms with Gasteiger partial charge in [-0.25, -0.2) is 0 Å². The minimum Gasteiger partial charge on any atom is -0.493 e. The Hall–Kier alpha value is -1.83. The van der Waals surface area contributed by atoms with Crippen molar-refractivity contribution >= 4 is 6.29 Å². The first-order valence-corrected chi connectivity index (χ1v) is 6.82. The first-order valence-electron chi connectivity index (χ1n) is 6.82. The van der Waals surface area contributed by atoms with Crippen molar-refractivity contribution in [2.75, 3.05) is 6.61 Å². The number of ether oxygens (including phenoxy) is 1. The molecule has 0 saturated heterocycles. The van der Waals surface area contributed by atoms with Gasteiger partial charge in [-0.05, 0) is 49.5 Å². The van der Waals surface area contributed by atoms with Gasteiger partial charge in [-0.1, -0.05) is 24.3 Å². The van der Waals surface area contributed by atoms with Gasteiger partial charge >= 0.3 is 0 Å². The largest absolute Gasteiger partial charge is 0.493 e. The lowest BCUT2D eigenvalue weighted by Gasteiger charge is -2.12. The maximum absolute atomic E-state index is 10.8. The van der Waals surface area contributed by atoms with Crippen LogP contribution in [0.25, 0.3) is 0 Å². The molecule has 0 fully saturated rings. The van der Waals surface area contributed by atoms with Crippen molar-refractivity contribution in [1.82, 2.24) is 0 Å². The average Bonchev–Trinajstić information content (AvgIpc) is 2.62. The van der Waals surface area contributed by atoms with Gasteiger partial charge in [0.2, 0.25) is 0 Å². The van der Waals surface area contributed by atoms with Gasteiger partial charge in [0, 0.05) is 12.0 Å². The number of carbonyl (C=O) groups is 1. The highest BCUT2D eigenvalue weighted by Gasteiger charge is 2.06. The van der Waals surface area contributed by atoms with Gasteiger partial charge in [0.25, 0.3) is 0 Å². The summed E-state index contributed by atoms with van der Waals surface area (Å²) >= 11 is 0. The van der Waals surface area contributed by atoms with Crippen LogP contribution in [0, 0.1) is 0 Å². The molecule has 19 heavy (non-hydrogen) atoms. The zero-order chi connectivity index (χ0) is 13.5. The van der Waals surface area contributed by atoms with Crippen LogP contribution < -0.4 is 0 Å². The highest BCUT2D eigenvalue weighted by atomic mass is 16.5. The molecule has 0 aliphatic heterocycles. The fourth-order valence-corrected chi connectivity index (χ4v) is 2.23. The zero-order valence-corrected chi connectivity index (χ0v) is 11.4. The Morgan fingerprint density at radius 2 is 2.16 bits per heavy atom. The van der Waals surface area contributed by atoms with E-state index in [1.807, 2.05) is 25.2 Å². The molecule has 2 aliphatic carbocycles. The molecule has 0 unspecified atom stereocenters. The van der Waals surface area contributed by atoms with Gasteiger partial charge < -0.3 is 4.74 Å². The first-order chi connectivity index (χ1) is 9.29. The molecule has 0 aromatic rings. The molecule has 0 heterocycles. The van der Waals surface area contributed by atoms with Gasteiger partial charge in [-0.15, -0.1) is 0 Å². The second kappa shape index (κ2) is 6.93. The summed E-state index contributed by atoms with van der Waals surface area (Å²) < 4.78 is 5.84. The van der Waals surface area contributed by atoms with Crippen LogP contribution in [0.3, 0.4) is 0 Å². The molecule has 2 aliphatic rings. The van der Waals surface area contributed by atoms with E-state index in [0.29, 0.717) is 6.61 Å². The average molecular weight is 256 g/mol. The topological polar surface area (TPSA) is 26.3 Å². The molecular formula is C17H20O2. The van der Waals surface area contributed by atoms with Gasteiger partial charge in [-0.2, -0.15) is 0 Å². The molecule has 0 bridgehead atoms. The molecule has 0 aromatic carbocycles. The van der Waals surface area contributed by atoms with Crippen LogP contribution in [0.15, 0.2) is 58.9 Å². The third-order valence-corrected chi connectivity index (χ3v) is 3.28. The lowest BCUT2D eigenvalue weighted by Crippen LogP contribution is -1.98. The van der Waals surface area contributed by atoms with Crippen molar-refractivity contribution in [3.63, 3.8) is 0 Å². The molecule has 0 N–H and O–H groups in total. The molecule has 0 aromatic heterocycles. The SMILES string of the molecule is CC1=CC(C=O)=CCC=C1OCCC1=CCCC=C1. The summed E-state index contributed by atoms with van der Waals surface area (Å²) in [6.45, 7) is 2.66. The van der Waals surface area contributed by atoms with E-state index >= 15 is 0 Å². The number of hydrogen-bond acceptors (Lipinski definition) is 2. The standard InChI is InChI=1S/C17H20O2/c1-14-12-16(13-18)8-5-9-17(14)19-11-10-15-6-3-2-4-7-15/h3,6-9,12-13H,2,4-5,10-11H2,1H3. The van der Waals surface area contributed by atoms with E-state index < -0.39 is 0 Å². The van der Waals surface area contributed by atoms with Crippen LogP contribution in [-0.2, 0) is 9.53 Å². The van der Waals surface area contributed by atoms with Crippen LogP contribution in [0.1, 0.15) is 32.6 Å². The van der Waals surface area contributed by atoms with Crippen LogP contribution in [0.2, 0.25) is 0 Å². The van der Waals surface area contributed by atoms with Crippen LogP contribution in [0.4, 0.5) is 0 Å². The quantitative estimate of drug-likeness (QED) is 0.694. The lowest BCUT2D eigenvalue weighted by molar-refractivity contribution is -0.104. The number of aldehydes is 1. The number of carbonyl (C=O) groups excluding carboxylic acids is 1. The Morgan fingerprint density at radius 1 is 1.26 bits per heavy atom. The molecule has 0 saturated carbocycles. The molecule has 2 heteroatoms. The van der Waals surface area contributed by atoms with E-state index in [2.05, 4.69) is 18.2 Å². The van der Waals surface area contributed by atoms with Crippen LogP contribution >= 0.6 is 0 Å². The molecule has 0 atom stereocenters. The normalized spacial score (nSPS) is 18.8. The van der Waals surface area contributed by atoms with E-state index in [4.69, 9.17) is 4.74 Å². The van der Waals surface area contributed by atoms with Crippen molar-refractivity contribution in [3.8, 4) is 0 Å². The Bertz CT molecular complexity index is 487. The third-order valence-electron chi connectivity index (χ3n) is 3.28. The van der Waals surface area contributed by atoms with Crippen molar-refractivity contribution in [2.45, 2.75) is 32.6 Å². The molecule has 0 amide bonds. The van der Waals surface area contributed by atoms with E-state index in [1.165, 1.54) is 5.57 Å². The Kier molecular flexibility index (Phi) is 4.96. The Labute approximate surface area is 114 Å². The number of allylic oxidation sites excluding steroid dienone is 8. The monoisotopic (exact) mass is 256 g/mol. The molecule has 100 valence electrons. The molecule has 0 radical (unpaired) electrons. The second-order valence-electron chi connectivity index (χ2n) is 4.81. The highest BCUT2D eigenvalue weighted by molar-refractivity contribution is 5.78. The zero-order valence-electron chi connectivity index (χ0n) is 11.4. The van der Waals surface area contributed by atoms with Crippen LogP contribution in [0.5, 0.6) is 0 Å². The molecule has 0 spiro atoms. The summed E-state index contributed by atoms with van der Waals surface area (Å²) in [6, 6.07) is 0. The van der Waals surface area contributed by atoms with Crippen molar-refractivity contribution in [1.29, 1.82) is 0 Å². The lowest BCUT2D eigenvalue weighted by atomic mass is 10.1. The molecular weight excluding hydrogens is 236 g/mol. The smallest absolute Gasteiger partial charge is 0.149 e. The minimum absolute atomic E-state index is 0.684. The molecule has 2 rings (SSSR count). The summed E-state index contributed by atoms with van der Waals surface area (Å²) in [7, 11) is 0. The van der Waals surface area contributed by atoms with E-state index in [1.54, 1.807) is 0 Å². The third kappa shape index (κ3) is 4.09. The highest BCUT2D eigenvalue weighted by Crippen LogP contribution is 2.20. The Morgan fingerprint density at radius 3 is 2.89 bits per heavy atom. The van der Waals surface area contributed by atoms with E-state index in [0.717, 1.165) is 48.9 Å². The minimum atomic E-state index is 0.684.